The van der Waals surface area contributed by atoms with Crippen LogP contribution in [0.2, 0.25) is 5.02 Å². The summed E-state index contributed by atoms with van der Waals surface area (Å²) in [5.41, 5.74) is 1.36. The maximum absolute atomic E-state index is 12.3. The molecule has 4 rings (SSSR count). The molecule has 1 aromatic carbocycles. The van der Waals surface area contributed by atoms with Crippen molar-refractivity contribution in [1.82, 2.24) is 24.4 Å². The van der Waals surface area contributed by atoms with Crippen LogP contribution >= 0.6 is 23.4 Å². The zero-order valence-electron chi connectivity index (χ0n) is 22.7. The van der Waals surface area contributed by atoms with Crippen LogP contribution in [-0.4, -0.2) is 55.0 Å². The van der Waals surface area contributed by atoms with Gasteiger partial charge in [0.25, 0.3) is 5.56 Å². The van der Waals surface area contributed by atoms with Crippen LogP contribution in [0.5, 0.6) is 0 Å². The van der Waals surface area contributed by atoms with Crippen molar-refractivity contribution in [3.05, 3.63) is 87.6 Å². The summed E-state index contributed by atoms with van der Waals surface area (Å²) in [7, 11) is 0. The fraction of sp³-hybridized carbons (Fsp3) is 0.467. The summed E-state index contributed by atoms with van der Waals surface area (Å²) >= 11 is 7.65. The van der Waals surface area contributed by atoms with Gasteiger partial charge in [-0.15, -0.1) is 11.8 Å². The Morgan fingerprint density at radius 3 is 2.45 bits per heavy atom. The highest BCUT2D eigenvalue weighted by Crippen LogP contribution is 2.34. The number of hydrogen-bond donors (Lipinski definition) is 0. The molecule has 0 aliphatic carbocycles. The molecule has 1 saturated heterocycles. The van der Waals surface area contributed by atoms with Crippen LogP contribution in [0, 0.1) is 0 Å². The molecule has 3 heterocycles. The van der Waals surface area contributed by atoms with E-state index in [0.717, 1.165) is 62.8 Å². The van der Waals surface area contributed by atoms with Crippen LogP contribution in [0.25, 0.3) is 0 Å². The van der Waals surface area contributed by atoms with E-state index in [1.54, 1.807) is 54.6 Å². The smallest absolute Gasteiger partial charge is 0.272 e. The minimum atomic E-state index is -0.267. The van der Waals surface area contributed by atoms with Gasteiger partial charge < -0.3 is 9.47 Å². The zero-order valence-corrected chi connectivity index (χ0v) is 24.3. The highest BCUT2D eigenvalue weighted by molar-refractivity contribution is 7.99. The molecule has 0 radical (unpaired) electrons. The zero-order chi connectivity index (χ0) is 28.2. The molecule has 0 saturated carbocycles. The van der Waals surface area contributed by atoms with Crippen LogP contribution in [-0.2, 0) is 11.3 Å². The molecule has 0 spiro atoms. The Kier molecular flexibility index (Phi) is 11.7. The number of halogens is 1. The SMILES string of the molecule is O=C(CCCCCCCSC(c1cncnc1)c1nc(=O)ccn1CCCN1CCCC1=O)c1ccc(Cl)cc1. The fourth-order valence-electron chi connectivity index (χ4n) is 4.88. The van der Waals surface area contributed by atoms with Crippen molar-refractivity contribution in [2.75, 3.05) is 18.8 Å². The van der Waals surface area contributed by atoms with E-state index in [9.17, 15) is 14.4 Å². The molecular weight excluding hydrogens is 546 g/mol. The molecule has 212 valence electrons. The molecule has 1 aliphatic heterocycles. The summed E-state index contributed by atoms with van der Waals surface area (Å²) in [5.74, 6) is 1.98. The quantitative estimate of drug-likeness (QED) is 0.157. The van der Waals surface area contributed by atoms with Crippen LogP contribution in [0.1, 0.15) is 84.8 Å². The van der Waals surface area contributed by atoms with Crippen LogP contribution in [0.3, 0.4) is 0 Å². The third-order valence-electron chi connectivity index (χ3n) is 7.03. The highest BCUT2D eigenvalue weighted by Gasteiger charge is 2.22. The number of ketones is 1. The van der Waals surface area contributed by atoms with Crippen molar-refractivity contribution in [2.24, 2.45) is 0 Å². The van der Waals surface area contributed by atoms with E-state index < -0.39 is 0 Å². The Bertz CT molecular complexity index is 1300. The number of carbonyl (C=O) groups is 2. The van der Waals surface area contributed by atoms with E-state index in [0.29, 0.717) is 42.3 Å². The van der Waals surface area contributed by atoms with E-state index in [4.69, 9.17) is 11.6 Å². The molecule has 40 heavy (non-hydrogen) atoms. The van der Waals surface area contributed by atoms with Crippen molar-refractivity contribution in [3.8, 4) is 0 Å². The Morgan fingerprint density at radius 1 is 0.950 bits per heavy atom. The average molecular weight is 582 g/mol. The minimum Gasteiger partial charge on any atom is -0.343 e. The number of rotatable bonds is 16. The molecule has 0 bridgehead atoms. The van der Waals surface area contributed by atoms with Gasteiger partial charge in [-0.25, -0.2) is 9.97 Å². The van der Waals surface area contributed by atoms with Crippen LogP contribution < -0.4 is 5.56 Å². The number of aryl methyl sites for hydroxylation is 1. The lowest BCUT2D eigenvalue weighted by Crippen LogP contribution is -2.27. The van der Waals surface area contributed by atoms with Crippen LogP contribution in [0.4, 0.5) is 0 Å². The van der Waals surface area contributed by atoms with Gasteiger partial charge in [-0.05, 0) is 55.7 Å². The van der Waals surface area contributed by atoms with Crippen molar-refractivity contribution in [2.45, 2.75) is 69.6 Å². The largest absolute Gasteiger partial charge is 0.343 e. The second-order valence-corrected chi connectivity index (χ2v) is 11.7. The first kappa shape index (κ1) is 29.9. The molecule has 1 unspecified atom stereocenters. The van der Waals surface area contributed by atoms with Crippen molar-refractivity contribution in [1.29, 1.82) is 0 Å². The molecule has 3 aromatic rings. The first-order chi connectivity index (χ1) is 19.5. The third-order valence-corrected chi connectivity index (χ3v) is 8.62. The number of likely N-dealkylation sites (tertiary alicyclic amines) is 1. The second kappa shape index (κ2) is 15.7. The van der Waals surface area contributed by atoms with E-state index in [1.807, 2.05) is 9.47 Å². The molecule has 8 nitrogen and oxygen atoms in total. The number of Topliss-reactive ketones (excluding diaryl/α,β-unsaturated/α-hetero) is 1. The van der Waals surface area contributed by atoms with Gasteiger partial charge in [0.15, 0.2) is 5.78 Å². The minimum absolute atomic E-state index is 0.161. The number of carbonyl (C=O) groups excluding carboxylic acids is 2. The van der Waals surface area contributed by atoms with Crippen molar-refractivity contribution in [3.63, 3.8) is 0 Å². The van der Waals surface area contributed by atoms with Gasteiger partial charge in [0.05, 0.1) is 5.25 Å². The first-order valence-corrected chi connectivity index (χ1v) is 15.4. The van der Waals surface area contributed by atoms with Gasteiger partial charge in [-0.3, -0.25) is 14.4 Å². The molecule has 0 N–H and O–H groups in total. The third kappa shape index (κ3) is 8.99. The standard InChI is InChI=1S/C30H36ClN5O3S/c31-25-12-10-23(11-13-25)26(37)8-4-2-1-3-5-19-40-29(24-20-32-22-33-21-24)30-34-27(38)14-18-36(30)17-7-16-35-15-6-9-28(35)39/h10-14,18,20-22,29H,1-9,15-17,19H2. The topological polar surface area (TPSA) is 98.1 Å². The molecule has 1 aliphatic rings. The summed E-state index contributed by atoms with van der Waals surface area (Å²) in [6.45, 7) is 2.21. The predicted octanol–water partition coefficient (Wildman–Crippen LogP) is 5.75. The lowest BCUT2D eigenvalue weighted by atomic mass is 10.0. The second-order valence-electron chi connectivity index (χ2n) is 10.0. The fourth-order valence-corrected chi connectivity index (χ4v) is 6.26. The molecule has 1 amide bonds. The number of nitrogens with zero attached hydrogens (tertiary/aromatic N) is 5. The number of aromatic nitrogens is 4. The Hall–Kier alpha value is -3.04. The lowest BCUT2D eigenvalue weighted by Gasteiger charge is -2.21. The van der Waals surface area contributed by atoms with Gasteiger partial charge in [0.1, 0.15) is 12.2 Å². The van der Waals surface area contributed by atoms with Gasteiger partial charge in [0.2, 0.25) is 5.91 Å². The molecule has 10 heteroatoms. The number of unbranched alkanes of at least 4 members (excludes halogenated alkanes) is 4. The number of hydrogen-bond acceptors (Lipinski definition) is 7. The Morgan fingerprint density at radius 2 is 1.70 bits per heavy atom. The van der Waals surface area contributed by atoms with Crippen molar-refractivity contribution < 1.29 is 9.59 Å². The van der Waals surface area contributed by atoms with Crippen molar-refractivity contribution >= 4 is 35.1 Å². The van der Waals surface area contributed by atoms with E-state index >= 15 is 0 Å². The number of thioether (sulfide) groups is 1. The summed E-state index contributed by atoms with van der Waals surface area (Å²) < 4.78 is 2.03. The van der Waals surface area contributed by atoms with Gasteiger partial charge >= 0.3 is 0 Å². The lowest BCUT2D eigenvalue weighted by molar-refractivity contribution is -0.127. The highest BCUT2D eigenvalue weighted by atomic mass is 35.5. The van der Waals surface area contributed by atoms with E-state index in [-0.39, 0.29) is 22.5 Å². The Labute approximate surface area is 244 Å². The maximum Gasteiger partial charge on any atom is 0.272 e. The summed E-state index contributed by atoms with van der Waals surface area (Å²) in [5, 5.41) is 0.471. The molecule has 1 atom stereocenters. The van der Waals surface area contributed by atoms with E-state index in [1.165, 1.54) is 12.4 Å². The van der Waals surface area contributed by atoms with Gasteiger partial charge in [-0.2, -0.15) is 4.98 Å². The predicted molar refractivity (Wildman–Crippen MR) is 159 cm³/mol. The summed E-state index contributed by atoms with van der Waals surface area (Å²) in [6, 6.07) is 8.56. The summed E-state index contributed by atoms with van der Waals surface area (Å²) in [4.78, 5) is 51.3. The molecular formula is C30H36ClN5O3S. The van der Waals surface area contributed by atoms with Gasteiger partial charge in [-0.1, -0.05) is 30.9 Å². The molecule has 2 aromatic heterocycles. The first-order valence-electron chi connectivity index (χ1n) is 14.0. The normalized spacial score (nSPS) is 14.0. The average Bonchev–Trinajstić information content (AvgIpc) is 3.38. The van der Waals surface area contributed by atoms with Gasteiger partial charge in [0, 0.05) is 73.3 Å². The van der Waals surface area contributed by atoms with E-state index in [2.05, 4.69) is 15.0 Å². The Balaban J connectivity index is 1.27. The monoisotopic (exact) mass is 581 g/mol. The molecule has 1 fully saturated rings. The number of benzene rings is 1. The summed E-state index contributed by atoms with van der Waals surface area (Å²) in [6.07, 6.45) is 14.8. The number of amides is 1. The maximum atomic E-state index is 12.3. The van der Waals surface area contributed by atoms with Crippen LogP contribution in [0.15, 0.2) is 60.0 Å².